The quantitative estimate of drug-likeness (QED) is 0.904. The predicted molar refractivity (Wildman–Crippen MR) is 76.0 cm³/mol. The molecule has 0 bridgehead atoms. The Kier molecular flexibility index (Phi) is 4.05. The van der Waals surface area contributed by atoms with Gasteiger partial charge in [0.05, 0.1) is 0 Å². The van der Waals surface area contributed by atoms with Gasteiger partial charge >= 0.3 is 0 Å². The number of phenolic OH excluding ortho intramolecular Hbond substituents is 1. The summed E-state index contributed by atoms with van der Waals surface area (Å²) in [6.45, 7) is 2.67. The lowest BCUT2D eigenvalue weighted by Gasteiger charge is -2.20. The highest BCUT2D eigenvalue weighted by atomic mass is 19.1. The van der Waals surface area contributed by atoms with E-state index in [0.29, 0.717) is 6.54 Å². The van der Waals surface area contributed by atoms with Crippen molar-refractivity contribution < 1.29 is 9.50 Å². The Morgan fingerprint density at radius 1 is 1.05 bits per heavy atom. The van der Waals surface area contributed by atoms with Gasteiger partial charge in [-0.3, -0.25) is 0 Å². The molecule has 0 aliphatic heterocycles. The summed E-state index contributed by atoms with van der Waals surface area (Å²) < 4.78 is 13.2. The Bertz CT molecular complexity index is 531. The molecular weight excluding hydrogens is 241 g/mol. The predicted octanol–water partition coefficient (Wildman–Crippen LogP) is 3.73. The molecule has 0 amide bonds. The summed E-state index contributed by atoms with van der Waals surface area (Å²) in [7, 11) is 1.95. The molecule has 1 N–H and O–H groups in total. The van der Waals surface area contributed by atoms with Crippen LogP contribution in [0.25, 0.3) is 0 Å². The first-order valence-electron chi connectivity index (χ1n) is 6.37. The van der Waals surface area contributed by atoms with Gasteiger partial charge in [-0.25, -0.2) is 4.39 Å². The third-order valence-electron chi connectivity index (χ3n) is 3.15. The fraction of sp³-hybridized carbons (Fsp3) is 0.250. The third-order valence-corrected chi connectivity index (χ3v) is 3.15. The molecule has 19 heavy (non-hydrogen) atoms. The van der Waals surface area contributed by atoms with Crippen molar-refractivity contribution in [2.24, 2.45) is 0 Å². The van der Waals surface area contributed by atoms with Crippen molar-refractivity contribution >= 4 is 5.69 Å². The molecule has 0 spiro atoms. The molecule has 100 valence electrons. The van der Waals surface area contributed by atoms with E-state index in [0.717, 1.165) is 23.7 Å². The molecule has 0 fully saturated rings. The first-order chi connectivity index (χ1) is 9.08. The Morgan fingerprint density at radius 3 is 2.32 bits per heavy atom. The van der Waals surface area contributed by atoms with Crippen LogP contribution in [0.5, 0.6) is 5.75 Å². The fourth-order valence-electron chi connectivity index (χ4n) is 2.08. The second-order valence-corrected chi connectivity index (χ2v) is 4.69. The average molecular weight is 259 g/mol. The van der Waals surface area contributed by atoms with Crippen molar-refractivity contribution in [1.29, 1.82) is 0 Å². The summed E-state index contributed by atoms with van der Waals surface area (Å²) >= 11 is 0. The molecule has 0 saturated carbocycles. The summed E-state index contributed by atoms with van der Waals surface area (Å²) in [5, 5.41) is 9.39. The van der Waals surface area contributed by atoms with Gasteiger partial charge < -0.3 is 10.0 Å². The molecule has 0 atom stereocenters. The van der Waals surface area contributed by atoms with Gasteiger partial charge in [0.15, 0.2) is 0 Å². The van der Waals surface area contributed by atoms with E-state index in [4.69, 9.17) is 0 Å². The van der Waals surface area contributed by atoms with E-state index in [1.165, 1.54) is 11.6 Å². The van der Waals surface area contributed by atoms with Crippen molar-refractivity contribution in [3.63, 3.8) is 0 Å². The van der Waals surface area contributed by atoms with E-state index in [2.05, 4.69) is 31.2 Å². The Morgan fingerprint density at radius 2 is 1.74 bits per heavy atom. The number of rotatable bonds is 4. The standard InChI is InChI=1S/C16H18FNO/c1-3-12-4-6-15(7-5-12)18(2)11-13-8-14(17)10-16(19)9-13/h4-10,19H,3,11H2,1-2H3. The summed E-state index contributed by atoms with van der Waals surface area (Å²) in [6.07, 6.45) is 1.02. The van der Waals surface area contributed by atoms with E-state index < -0.39 is 5.82 Å². The van der Waals surface area contributed by atoms with Gasteiger partial charge in [-0.15, -0.1) is 0 Å². The van der Waals surface area contributed by atoms with E-state index in [9.17, 15) is 9.50 Å². The molecular formula is C16H18FNO. The summed E-state index contributed by atoms with van der Waals surface area (Å²) in [6, 6.07) is 12.4. The summed E-state index contributed by atoms with van der Waals surface area (Å²) in [4.78, 5) is 2.02. The first kappa shape index (κ1) is 13.4. The number of hydrogen-bond donors (Lipinski definition) is 1. The van der Waals surface area contributed by atoms with Crippen LogP contribution in [0.1, 0.15) is 18.1 Å². The Balaban J connectivity index is 2.13. The monoisotopic (exact) mass is 259 g/mol. The lowest BCUT2D eigenvalue weighted by molar-refractivity contribution is 0.468. The van der Waals surface area contributed by atoms with Crippen molar-refractivity contribution in [3.8, 4) is 5.75 Å². The second kappa shape index (κ2) is 5.74. The molecule has 0 aliphatic carbocycles. The number of benzene rings is 2. The maximum atomic E-state index is 13.2. The molecule has 2 aromatic carbocycles. The maximum absolute atomic E-state index is 13.2. The van der Waals surface area contributed by atoms with Gasteiger partial charge in [-0.2, -0.15) is 0 Å². The number of anilines is 1. The van der Waals surface area contributed by atoms with E-state index >= 15 is 0 Å². The SMILES string of the molecule is CCc1ccc(N(C)Cc2cc(O)cc(F)c2)cc1. The largest absolute Gasteiger partial charge is 0.508 e. The summed E-state index contributed by atoms with van der Waals surface area (Å²) in [5.74, 6) is -0.450. The highest BCUT2D eigenvalue weighted by molar-refractivity contribution is 5.47. The number of aromatic hydroxyl groups is 1. The van der Waals surface area contributed by atoms with Crippen LogP contribution in [0.15, 0.2) is 42.5 Å². The Labute approximate surface area is 113 Å². The minimum absolute atomic E-state index is 0.0373. The fourth-order valence-corrected chi connectivity index (χ4v) is 2.08. The lowest BCUT2D eigenvalue weighted by Crippen LogP contribution is -2.16. The molecule has 0 unspecified atom stereocenters. The average Bonchev–Trinajstić information content (AvgIpc) is 2.37. The van der Waals surface area contributed by atoms with Gasteiger partial charge in [0.1, 0.15) is 11.6 Å². The molecule has 2 rings (SSSR count). The normalized spacial score (nSPS) is 10.5. The Hall–Kier alpha value is -2.03. The van der Waals surface area contributed by atoms with Crippen LogP contribution >= 0.6 is 0 Å². The van der Waals surface area contributed by atoms with Gasteiger partial charge in [0, 0.05) is 25.3 Å². The van der Waals surface area contributed by atoms with Crippen molar-refractivity contribution in [1.82, 2.24) is 0 Å². The molecule has 0 aliphatic rings. The molecule has 2 aromatic rings. The van der Waals surface area contributed by atoms with Gasteiger partial charge in [-0.1, -0.05) is 19.1 Å². The maximum Gasteiger partial charge on any atom is 0.127 e. The minimum atomic E-state index is -0.412. The highest BCUT2D eigenvalue weighted by Crippen LogP contribution is 2.20. The topological polar surface area (TPSA) is 23.5 Å². The van der Waals surface area contributed by atoms with Crippen molar-refractivity contribution in [3.05, 3.63) is 59.4 Å². The first-order valence-corrected chi connectivity index (χ1v) is 6.37. The van der Waals surface area contributed by atoms with E-state index in [1.54, 1.807) is 6.07 Å². The number of aryl methyl sites for hydroxylation is 1. The zero-order chi connectivity index (χ0) is 13.8. The van der Waals surface area contributed by atoms with Crippen LogP contribution in [0.2, 0.25) is 0 Å². The van der Waals surface area contributed by atoms with E-state index in [-0.39, 0.29) is 5.75 Å². The lowest BCUT2D eigenvalue weighted by atomic mass is 10.1. The second-order valence-electron chi connectivity index (χ2n) is 4.69. The van der Waals surface area contributed by atoms with Crippen molar-refractivity contribution in [2.45, 2.75) is 19.9 Å². The smallest absolute Gasteiger partial charge is 0.127 e. The number of phenols is 1. The summed E-state index contributed by atoms with van der Waals surface area (Å²) in [5.41, 5.74) is 3.11. The van der Waals surface area contributed by atoms with Crippen LogP contribution in [-0.2, 0) is 13.0 Å². The molecule has 0 aromatic heterocycles. The van der Waals surface area contributed by atoms with E-state index in [1.807, 2.05) is 11.9 Å². The zero-order valence-corrected chi connectivity index (χ0v) is 11.2. The minimum Gasteiger partial charge on any atom is -0.508 e. The molecule has 2 nitrogen and oxygen atoms in total. The van der Waals surface area contributed by atoms with Gasteiger partial charge in [0.2, 0.25) is 0 Å². The molecule has 0 heterocycles. The van der Waals surface area contributed by atoms with Crippen LogP contribution in [0.4, 0.5) is 10.1 Å². The number of hydrogen-bond acceptors (Lipinski definition) is 2. The van der Waals surface area contributed by atoms with Crippen molar-refractivity contribution in [2.75, 3.05) is 11.9 Å². The highest BCUT2D eigenvalue weighted by Gasteiger charge is 2.05. The molecule has 0 saturated heterocycles. The van der Waals surface area contributed by atoms with Crippen LogP contribution in [-0.4, -0.2) is 12.2 Å². The number of nitrogens with zero attached hydrogens (tertiary/aromatic N) is 1. The molecule has 0 radical (unpaired) electrons. The van der Waals surface area contributed by atoms with Gasteiger partial charge in [-0.05, 0) is 41.8 Å². The van der Waals surface area contributed by atoms with Crippen LogP contribution < -0.4 is 4.90 Å². The third kappa shape index (κ3) is 3.47. The van der Waals surface area contributed by atoms with Gasteiger partial charge in [0.25, 0.3) is 0 Å². The molecule has 3 heteroatoms. The zero-order valence-electron chi connectivity index (χ0n) is 11.2. The van der Waals surface area contributed by atoms with Crippen LogP contribution in [0.3, 0.4) is 0 Å². The van der Waals surface area contributed by atoms with Crippen LogP contribution in [0, 0.1) is 5.82 Å². The number of halogens is 1.